The molecule has 0 spiro atoms. The standard InChI is InChI=1S/C23H25BrN4/c24-19-11-7-8-17(14-19)16-25-22-15-21(18-9-3-1-4-10-18)27-23(28-22)26-20-12-5-2-6-13-20/h1,3-4,7-11,14-15,20H,2,5-6,12-13,16H2,(H2,25,26,27,28). The summed E-state index contributed by atoms with van der Waals surface area (Å²) in [4.78, 5) is 9.54. The lowest BCUT2D eigenvalue weighted by Crippen LogP contribution is -2.23. The van der Waals surface area contributed by atoms with Gasteiger partial charge in [0.25, 0.3) is 0 Å². The molecular formula is C23H25BrN4. The first-order valence-electron chi connectivity index (χ1n) is 9.96. The van der Waals surface area contributed by atoms with Gasteiger partial charge in [0.15, 0.2) is 0 Å². The molecule has 1 aliphatic rings. The number of aromatic nitrogens is 2. The Morgan fingerprint density at radius 1 is 0.893 bits per heavy atom. The molecule has 0 radical (unpaired) electrons. The lowest BCUT2D eigenvalue weighted by molar-refractivity contribution is 0.461. The van der Waals surface area contributed by atoms with E-state index in [4.69, 9.17) is 9.97 Å². The Morgan fingerprint density at radius 2 is 1.71 bits per heavy atom. The van der Waals surface area contributed by atoms with E-state index in [2.05, 4.69) is 50.8 Å². The van der Waals surface area contributed by atoms with E-state index in [9.17, 15) is 0 Å². The molecule has 0 saturated heterocycles. The maximum Gasteiger partial charge on any atom is 0.225 e. The second-order valence-corrected chi connectivity index (χ2v) is 8.21. The molecule has 1 aliphatic carbocycles. The van der Waals surface area contributed by atoms with Crippen LogP contribution in [-0.4, -0.2) is 16.0 Å². The minimum absolute atomic E-state index is 0.470. The fraction of sp³-hybridized carbons (Fsp3) is 0.304. The predicted octanol–water partition coefficient (Wildman–Crippen LogP) is 6.26. The molecule has 0 bridgehead atoms. The lowest BCUT2D eigenvalue weighted by Gasteiger charge is -2.23. The third-order valence-electron chi connectivity index (χ3n) is 5.10. The lowest BCUT2D eigenvalue weighted by atomic mass is 9.96. The topological polar surface area (TPSA) is 49.8 Å². The third kappa shape index (κ3) is 5.10. The molecule has 1 aromatic heterocycles. The van der Waals surface area contributed by atoms with Gasteiger partial charge in [-0.1, -0.05) is 77.7 Å². The maximum absolute atomic E-state index is 4.80. The number of nitrogens with zero attached hydrogens (tertiary/aromatic N) is 2. The van der Waals surface area contributed by atoms with Crippen LogP contribution < -0.4 is 10.6 Å². The van der Waals surface area contributed by atoms with E-state index >= 15 is 0 Å². The molecule has 2 N–H and O–H groups in total. The quantitative estimate of drug-likeness (QED) is 0.478. The van der Waals surface area contributed by atoms with Crippen molar-refractivity contribution in [2.75, 3.05) is 10.6 Å². The van der Waals surface area contributed by atoms with Crippen LogP contribution >= 0.6 is 15.9 Å². The number of hydrogen-bond donors (Lipinski definition) is 2. The van der Waals surface area contributed by atoms with Crippen LogP contribution in [0.2, 0.25) is 0 Å². The first-order chi connectivity index (χ1) is 13.8. The van der Waals surface area contributed by atoms with Gasteiger partial charge >= 0.3 is 0 Å². The van der Waals surface area contributed by atoms with Crippen molar-refractivity contribution in [3.05, 3.63) is 70.7 Å². The zero-order chi connectivity index (χ0) is 19.2. The van der Waals surface area contributed by atoms with Gasteiger partial charge in [-0.25, -0.2) is 4.98 Å². The predicted molar refractivity (Wildman–Crippen MR) is 119 cm³/mol. The summed E-state index contributed by atoms with van der Waals surface area (Å²) in [6.07, 6.45) is 6.29. The molecule has 1 heterocycles. The van der Waals surface area contributed by atoms with Crippen molar-refractivity contribution >= 4 is 27.7 Å². The zero-order valence-electron chi connectivity index (χ0n) is 15.9. The zero-order valence-corrected chi connectivity index (χ0v) is 17.5. The van der Waals surface area contributed by atoms with Crippen LogP contribution in [0.15, 0.2) is 65.1 Å². The van der Waals surface area contributed by atoms with Crippen molar-refractivity contribution in [1.29, 1.82) is 0 Å². The van der Waals surface area contributed by atoms with Gasteiger partial charge in [0.05, 0.1) is 5.69 Å². The van der Waals surface area contributed by atoms with E-state index in [1.54, 1.807) is 0 Å². The highest BCUT2D eigenvalue weighted by Crippen LogP contribution is 2.25. The number of hydrogen-bond acceptors (Lipinski definition) is 4. The molecule has 2 aromatic carbocycles. The van der Waals surface area contributed by atoms with E-state index < -0.39 is 0 Å². The Balaban J connectivity index is 1.57. The minimum Gasteiger partial charge on any atom is -0.366 e. The molecule has 144 valence electrons. The number of benzene rings is 2. The summed E-state index contributed by atoms with van der Waals surface area (Å²) >= 11 is 3.53. The number of halogens is 1. The van der Waals surface area contributed by atoms with Gasteiger partial charge in [-0.2, -0.15) is 4.98 Å². The molecule has 4 rings (SSSR count). The molecule has 3 aromatic rings. The van der Waals surface area contributed by atoms with Gasteiger partial charge in [-0.05, 0) is 30.5 Å². The maximum atomic E-state index is 4.80. The summed E-state index contributed by atoms with van der Waals surface area (Å²) in [7, 11) is 0. The molecule has 0 atom stereocenters. The van der Waals surface area contributed by atoms with Gasteiger partial charge in [0.1, 0.15) is 5.82 Å². The molecule has 4 nitrogen and oxygen atoms in total. The highest BCUT2D eigenvalue weighted by atomic mass is 79.9. The second-order valence-electron chi connectivity index (χ2n) is 7.29. The van der Waals surface area contributed by atoms with Crippen molar-refractivity contribution in [2.45, 2.75) is 44.7 Å². The van der Waals surface area contributed by atoms with Crippen LogP contribution in [0.3, 0.4) is 0 Å². The summed E-state index contributed by atoms with van der Waals surface area (Å²) in [5.41, 5.74) is 3.24. The Labute approximate surface area is 175 Å². The van der Waals surface area contributed by atoms with Gasteiger partial charge in [-0.15, -0.1) is 0 Å². The highest BCUT2D eigenvalue weighted by molar-refractivity contribution is 9.10. The largest absolute Gasteiger partial charge is 0.366 e. The SMILES string of the molecule is Brc1cccc(CNc2cc(-c3ccccc3)nc(NC3CCCCC3)n2)c1. The Morgan fingerprint density at radius 3 is 2.50 bits per heavy atom. The Kier molecular flexibility index (Phi) is 6.22. The molecular weight excluding hydrogens is 412 g/mol. The molecule has 0 unspecified atom stereocenters. The molecule has 1 saturated carbocycles. The number of anilines is 2. The molecule has 0 amide bonds. The summed E-state index contributed by atoms with van der Waals surface area (Å²) in [6, 6.07) is 21.1. The Bertz CT molecular complexity index is 907. The van der Waals surface area contributed by atoms with Crippen LogP contribution in [0.25, 0.3) is 11.3 Å². The normalized spacial score (nSPS) is 14.6. The van der Waals surface area contributed by atoms with Crippen LogP contribution in [0.4, 0.5) is 11.8 Å². The van der Waals surface area contributed by atoms with Gasteiger partial charge < -0.3 is 10.6 Å². The first kappa shape index (κ1) is 18.9. The second kappa shape index (κ2) is 9.20. The highest BCUT2D eigenvalue weighted by Gasteiger charge is 2.15. The molecule has 5 heteroatoms. The number of nitrogens with one attached hydrogen (secondary N) is 2. The summed E-state index contributed by atoms with van der Waals surface area (Å²) < 4.78 is 1.08. The van der Waals surface area contributed by atoms with Crippen molar-refractivity contribution in [1.82, 2.24) is 9.97 Å². The van der Waals surface area contributed by atoms with E-state index in [0.717, 1.165) is 21.5 Å². The average molecular weight is 437 g/mol. The van der Waals surface area contributed by atoms with Crippen LogP contribution in [-0.2, 0) is 6.54 Å². The van der Waals surface area contributed by atoms with Gasteiger partial charge in [0.2, 0.25) is 5.95 Å². The van der Waals surface area contributed by atoms with Crippen molar-refractivity contribution in [2.24, 2.45) is 0 Å². The van der Waals surface area contributed by atoms with E-state index in [1.165, 1.54) is 37.7 Å². The van der Waals surface area contributed by atoms with E-state index in [1.807, 2.05) is 36.4 Å². The fourth-order valence-corrected chi connectivity index (χ4v) is 4.07. The monoisotopic (exact) mass is 436 g/mol. The summed E-state index contributed by atoms with van der Waals surface area (Å²) in [6.45, 7) is 0.716. The van der Waals surface area contributed by atoms with Crippen molar-refractivity contribution in [3.63, 3.8) is 0 Å². The summed E-state index contributed by atoms with van der Waals surface area (Å²) in [5.74, 6) is 1.55. The van der Waals surface area contributed by atoms with Gasteiger partial charge in [0, 0.05) is 28.7 Å². The molecule has 28 heavy (non-hydrogen) atoms. The van der Waals surface area contributed by atoms with Crippen molar-refractivity contribution in [3.8, 4) is 11.3 Å². The summed E-state index contributed by atoms with van der Waals surface area (Å²) in [5, 5.41) is 7.03. The third-order valence-corrected chi connectivity index (χ3v) is 5.59. The van der Waals surface area contributed by atoms with Crippen LogP contribution in [0.5, 0.6) is 0 Å². The van der Waals surface area contributed by atoms with E-state index in [-0.39, 0.29) is 0 Å². The Hall–Kier alpha value is -2.40. The van der Waals surface area contributed by atoms with Crippen molar-refractivity contribution < 1.29 is 0 Å². The van der Waals surface area contributed by atoms with Crippen LogP contribution in [0.1, 0.15) is 37.7 Å². The van der Waals surface area contributed by atoms with E-state index in [0.29, 0.717) is 18.5 Å². The first-order valence-corrected chi connectivity index (χ1v) is 10.7. The molecule has 1 fully saturated rings. The fourth-order valence-electron chi connectivity index (χ4n) is 3.63. The average Bonchev–Trinajstić information content (AvgIpc) is 2.74. The minimum atomic E-state index is 0.470. The molecule has 0 aliphatic heterocycles. The van der Waals surface area contributed by atoms with Gasteiger partial charge in [-0.3, -0.25) is 0 Å². The number of rotatable bonds is 6. The van der Waals surface area contributed by atoms with Crippen LogP contribution in [0, 0.1) is 0 Å². The smallest absolute Gasteiger partial charge is 0.225 e.